The monoisotopic (exact) mass is 258 g/mol. The molecule has 0 spiro atoms. The molecule has 0 unspecified atom stereocenters. The summed E-state index contributed by atoms with van der Waals surface area (Å²) in [6, 6.07) is 4.14. The molecule has 2 aromatic rings. The number of nitrogens with zero attached hydrogens (tertiary/aromatic N) is 5. The van der Waals surface area contributed by atoms with Crippen LogP contribution in [0.5, 0.6) is 0 Å². The summed E-state index contributed by atoms with van der Waals surface area (Å²) in [5.41, 5.74) is 1.93. The Morgan fingerprint density at radius 3 is 2.74 bits per heavy atom. The molecule has 1 N–H and O–H groups in total. The Kier molecular flexibility index (Phi) is 3.31. The van der Waals surface area contributed by atoms with Crippen LogP contribution in [-0.4, -0.2) is 33.1 Å². The molecule has 0 amide bonds. The summed E-state index contributed by atoms with van der Waals surface area (Å²) < 4.78 is 1.70. The van der Waals surface area contributed by atoms with E-state index in [0.717, 1.165) is 30.3 Å². The van der Waals surface area contributed by atoms with Crippen LogP contribution in [0.1, 0.15) is 18.5 Å². The minimum Gasteiger partial charge on any atom is -0.378 e. The van der Waals surface area contributed by atoms with Crippen LogP contribution in [0.25, 0.3) is 0 Å². The molecule has 100 valence electrons. The van der Waals surface area contributed by atoms with Crippen molar-refractivity contribution in [2.75, 3.05) is 23.3 Å². The molecule has 0 bridgehead atoms. The highest BCUT2D eigenvalue weighted by molar-refractivity contribution is 5.49. The van der Waals surface area contributed by atoms with Gasteiger partial charge in [-0.1, -0.05) is 5.21 Å². The van der Waals surface area contributed by atoms with Crippen LogP contribution in [0, 0.1) is 0 Å². The lowest BCUT2D eigenvalue weighted by Gasteiger charge is -2.16. The lowest BCUT2D eigenvalue weighted by Crippen LogP contribution is -2.18. The van der Waals surface area contributed by atoms with Crippen molar-refractivity contribution < 1.29 is 0 Å². The van der Waals surface area contributed by atoms with Gasteiger partial charge in [0.1, 0.15) is 11.5 Å². The smallest absolute Gasteiger partial charge is 0.128 e. The molecule has 0 atom stereocenters. The minimum absolute atomic E-state index is 0.665. The highest BCUT2D eigenvalue weighted by atomic mass is 15.4. The lowest BCUT2D eigenvalue weighted by atomic mass is 10.3. The van der Waals surface area contributed by atoms with Crippen LogP contribution < -0.4 is 10.2 Å². The second-order valence-corrected chi connectivity index (χ2v) is 4.84. The van der Waals surface area contributed by atoms with Gasteiger partial charge >= 0.3 is 0 Å². The number of rotatable bonds is 4. The molecule has 2 aromatic heterocycles. The summed E-state index contributed by atoms with van der Waals surface area (Å²) in [5.74, 6) is 1.07. The van der Waals surface area contributed by atoms with Crippen LogP contribution in [0.2, 0.25) is 0 Å². The Morgan fingerprint density at radius 2 is 2.11 bits per heavy atom. The Hall–Kier alpha value is -2.11. The fourth-order valence-electron chi connectivity index (χ4n) is 2.29. The van der Waals surface area contributed by atoms with Gasteiger partial charge in [0.25, 0.3) is 0 Å². The Labute approximate surface area is 112 Å². The fourth-order valence-corrected chi connectivity index (χ4v) is 2.29. The van der Waals surface area contributed by atoms with E-state index in [9.17, 15) is 0 Å². The highest BCUT2D eigenvalue weighted by Gasteiger charge is 2.12. The highest BCUT2D eigenvalue weighted by Crippen LogP contribution is 2.19. The minimum atomic E-state index is 0.665. The fraction of sp³-hybridized carbons (Fsp3) is 0.462. The van der Waals surface area contributed by atoms with E-state index in [0.29, 0.717) is 6.54 Å². The summed E-state index contributed by atoms with van der Waals surface area (Å²) in [4.78, 5) is 6.83. The van der Waals surface area contributed by atoms with E-state index in [1.54, 1.807) is 4.68 Å². The summed E-state index contributed by atoms with van der Waals surface area (Å²) in [5, 5.41) is 11.2. The average Bonchev–Trinajstić information content (AvgIpc) is 3.08. The summed E-state index contributed by atoms with van der Waals surface area (Å²) in [6.07, 6.45) is 6.33. The zero-order chi connectivity index (χ0) is 13.1. The standard InChI is InChI=1S/C13H18N6/c1-18-10-12(16-17-18)9-14-11-4-5-13(15-8-11)19-6-2-3-7-19/h4-5,8,10,14H,2-3,6-7,9H2,1H3. The molecule has 3 rings (SSSR count). The maximum absolute atomic E-state index is 4.50. The number of aromatic nitrogens is 4. The predicted molar refractivity (Wildman–Crippen MR) is 74.0 cm³/mol. The quantitative estimate of drug-likeness (QED) is 0.899. The largest absolute Gasteiger partial charge is 0.378 e. The first-order valence-corrected chi connectivity index (χ1v) is 6.61. The number of anilines is 2. The first kappa shape index (κ1) is 12.0. The molecule has 1 fully saturated rings. The number of hydrogen-bond acceptors (Lipinski definition) is 5. The zero-order valence-corrected chi connectivity index (χ0v) is 11.1. The third kappa shape index (κ3) is 2.83. The second-order valence-electron chi connectivity index (χ2n) is 4.84. The third-order valence-corrected chi connectivity index (χ3v) is 3.30. The van der Waals surface area contributed by atoms with E-state index >= 15 is 0 Å². The first-order chi connectivity index (χ1) is 9.31. The SMILES string of the molecule is Cn1cc(CNc2ccc(N3CCCC3)nc2)nn1. The molecule has 0 aliphatic carbocycles. The molecule has 0 aromatic carbocycles. The summed E-state index contributed by atoms with van der Waals surface area (Å²) in [6.45, 7) is 2.91. The van der Waals surface area contributed by atoms with Crippen molar-refractivity contribution in [1.29, 1.82) is 0 Å². The van der Waals surface area contributed by atoms with Gasteiger partial charge in [0.05, 0.1) is 18.4 Å². The second kappa shape index (κ2) is 5.26. The van der Waals surface area contributed by atoms with E-state index in [2.05, 4.69) is 37.6 Å². The van der Waals surface area contributed by atoms with Gasteiger partial charge in [0.2, 0.25) is 0 Å². The van der Waals surface area contributed by atoms with Gasteiger partial charge < -0.3 is 10.2 Å². The van der Waals surface area contributed by atoms with Gasteiger partial charge in [0, 0.05) is 26.3 Å². The maximum atomic E-state index is 4.50. The van der Waals surface area contributed by atoms with Crippen molar-refractivity contribution in [3.05, 3.63) is 30.2 Å². The molecule has 6 heteroatoms. The molecule has 19 heavy (non-hydrogen) atoms. The molecule has 6 nitrogen and oxygen atoms in total. The Morgan fingerprint density at radius 1 is 1.26 bits per heavy atom. The summed E-state index contributed by atoms with van der Waals surface area (Å²) >= 11 is 0. The lowest BCUT2D eigenvalue weighted by molar-refractivity contribution is 0.713. The number of hydrogen-bond donors (Lipinski definition) is 1. The normalized spacial score (nSPS) is 14.9. The van der Waals surface area contributed by atoms with Crippen molar-refractivity contribution in [2.45, 2.75) is 19.4 Å². The van der Waals surface area contributed by atoms with Crippen LogP contribution in [0.3, 0.4) is 0 Å². The molecule has 1 saturated heterocycles. The van der Waals surface area contributed by atoms with Crippen molar-refractivity contribution in [3.63, 3.8) is 0 Å². The molecular weight excluding hydrogens is 240 g/mol. The van der Waals surface area contributed by atoms with Crippen LogP contribution >= 0.6 is 0 Å². The molecule has 1 aliphatic heterocycles. The van der Waals surface area contributed by atoms with Gasteiger partial charge in [-0.2, -0.15) is 0 Å². The first-order valence-electron chi connectivity index (χ1n) is 6.61. The van der Waals surface area contributed by atoms with Gasteiger partial charge in [-0.05, 0) is 25.0 Å². The number of pyridine rings is 1. The molecule has 0 radical (unpaired) electrons. The van der Waals surface area contributed by atoms with Crippen LogP contribution in [-0.2, 0) is 13.6 Å². The third-order valence-electron chi connectivity index (χ3n) is 3.30. The predicted octanol–water partition coefficient (Wildman–Crippen LogP) is 1.42. The van der Waals surface area contributed by atoms with Crippen molar-refractivity contribution in [2.24, 2.45) is 7.05 Å². The maximum Gasteiger partial charge on any atom is 0.128 e. The van der Waals surface area contributed by atoms with E-state index < -0.39 is 0 Å². The topological polar surface area (TPSA) is 58.9 Å². The van der Waals surface area contributed by atoms with Crippen molar-refractivity contribution in [1.82, 2.24) is 20.0 Å². The number of aryl methyl sites for hydroxylation is 1. The van der Waals surface area contributed by atoms with Crippen molar-refractivity contribution >= 4 is 11.5 Å². The van der Waals surface area contributed by atoms with E-state index in [-0.39, 0.29) is 0 Å². The average molecular weight is 258 g/mol. The molecule has 0 saturated carbocycles. The Balaban J connectivity index is 1.59. The van der Waals surface area contributed by atoms with Crippen LogP contribution in [0.15, 0.2) is 24.5 Å². The van der Waals surface area contributed by atoms with Gasteiger partial charge in [-0.25, -0.2) is 4.98 Å². The number of nitrogens with one attached hydrogen (secondary N) is 1. The van der Waals surface area contributed by atoms with Crippen molar-refractivity contribution in [3.8, 4) is 0 Å². The summed E-state index contributed by atoms with van der Waals surface area (Å²) in [7, 11) is 1.86. The zero-order valence-electron chi connectivity index (χ0n) is 11.1. The molecule has 1 aliphatic rings. The molecule has 3 heterocycles. The van der Waals surface area contributed by atoms with Gasteiger partial charge in [0.15, 0.2) is 0 Å². The van der Waals surface area contributed by atoms with Gasteiger partial charge in [-0.3, -0.25) is 4.68 Å². The van der Waals surface area contributed by atoms with Gasteiger partial charge in [-0.15, -0.1) is 5.10 Å². The molecular formula is C13H18N6. The Bertz CT molecular complexity index is 526. The van der Waals surface area contributed by atoms with E-state index in [1.165, 1.54) is 12.8 Å². The van der Waals surface area contributed by atoms with Crippen LogP contribution in [0.4, 0.5) is 11.5 Å². The van der Waals surface area contributed by atoms with E-state index in [4.69, 9.17) is 0 Å². The van der Waals surface area contributed by atoms with E-state index in [1.807, 2.05) is 19.4 Å².